The Morgan fingerprint density at radius 3 is 2.57 bits per heavy atom. The zero-order valence-corrected chi connectivity index (χ0v) is 7.21. The molecule has 0 aromatic heterocycles. The van der Waals surface area contributed by atoms with E-state index in [-0.39, 0.29) is 11.8 Å². The molecular weight excluding hydrogens is 194 g/mol. The molecule has 14 heavy (non-hydrogen) atoms. The third-order valence-electron chi connectivity index (χ3n) is 1.60. The van der Waals surface area contributed by atoms with E-state index in [1.807, 2.05) is 0 Å². The van der Waals surface area contributed by atoms with Crippen molar-refractivity contribution in [1.29, 1.82) is 0 Å². The zero-order chi connectivity index (χ0) is 10.7. The Kier molecular flexibility index (Phi) is 2.91. The Bertz CT molecular complexity index is 388. The van der Waals surface area contributed by atoms with Crippen molar-refractivity contribution in [3.63, 3.8) is 0 Å². The molecule has 1 rings (SSSR count). The summed E-state index contributed by atoms with van der Waals surface area (Å²) in [5.74, 6) is -3.04. The highest BCUT2D eigenvalue weighted by Gasteiger charge is 2.18. The summed E-state index contributed by atoms with van der Waals surface area (Å²) in [4.78, 5) is 21.4. The Morgan fingerprint density at radius 2 is 2.07 bits per heavy atom. The Hall–Kier alpha value is -1.78. The number of hydrogen-bond acceptors (Lipinski definition) is 3. The molecule has 0 saturated carbocycles. The largest absolute Gasteiger partial charge is 0.465 e. The molecule has 1 aromatic rings. The van der Waals surface area contributed by atoms with E-state index in [0.717, 1.165) is 13.2 Å². The molecule has 74 valence electrons. The van der Waals surface area contributed by atoms with Gasteiger partial charge in [-0.05, 0) is 6.07 Å². The smallest absolute Gasteiger partial charge is 0.341 e. The normalized spacial score (nSPS) is 9.64. The summed E-state index contributed by atoms with van der Waals surface area (Å²) in [5.41, 5.74) is -0.918. The summed E-state index contributed by atoms with van der Waals surface area (Å²) in [6, 6.07) is 1.28. The maximum atomic E-state index is 13.0. The molecule has 0 unspecified atom stereocenters. The van der Waals surface area contributed by atoms with Gasteiger partial charge in [-0.3, -0.25) is 4.79 Å². The summed E-state index contributed by atoms with van der Waals surface area (Å²) in [6.07, 6.45) is 0.193. The van der Waals surface area contributed by atoms with Gasteiger partial charge in [-0.25, -0.2) is 13.6 Å². The quantitative estimate of drug-likeness (QED) is 0.537. The lowest BCUT2D eigenvalue weighted by Gasteiger charge is -2.03. The highest BCUT2D eigenvalue weighted by Crippen LogP contribution is 2.15. The van der Waals surface area contributed by atoms with Gasteiger partial charge in [0.2, 0.25) is 0 Å². The van der Waals surface area contributed by atoms with Crippen LogP contribution in [0.1, 0.15) is 20.7 Å². The van der Waals surface area contributed by atoms with Gasteiger partial charge in [0, 0.05) is 11.6 Å². The number of methoxy groups -OCH3 is 1. The lowest BCUT2D eigenvalue weighted by molar-refractivity contribution is 0.0593. The summed E-state index contributed by atoms with van der Waals surface area (Å²) in [5, 5.41) is 0. The van der Waals surface area contributed by atoms with E-state index in [2.05, 4.69) is 4.74 Å². The summed E-state index contributed by atoms with van der Waals surface area (Å²) < 4.78 is 29.9. The Morgan fingerprint density at radius 1 is 1.43 bits per heavy atom. The van der Waals surface area contributed by atoms with Crippen molar-refractivity contribution in [1.82, 2.24) is 0 Å². The zero-order valence-electron chi connectivity index (χ0n) is 7.21. The monoisotopic (exact) mass is 200 g/mol. The van der Waals surface area contributed by atoms with Crippen molar-refractivity contribution in [2.24, 2.45) is 0 Å². The standard InChI is InChI=1S/C9H6F2O3/c1-14-9(13)8-5(4-12)2-6(10)3-7(8)11/h2-4H,1H3. The van der Waals surface area contributed by atoms with Gasteiger partial charge in [0.25, 0.3) is 0 Å². The molecule has 0 N–H and O–H groups in total. The number of hydrogen-bond donors (Lipinski definition) is 0. The first-order valence-corrected chi connectivity index (χ1v) is 3.62. The van der Waals surface area contributed by atoms with E-state index < -0.39 is 23.2 Å². The van der Waals surface area contributed by atoms with Gasteiger partial charge in [0.15, 0.2) is 6.29 Å². The Balaban J connectivity index is 3.39. The van der Waals surface area contributed by atoms with Gasteiger partial charge in [-0.2, -0.15) is 0 Å². The van der Waals surface area contributed by atoms with Crippen LogP contribution in [-0.2, 0) is 4.74 Å². The van der Waals surface area contributed by atoms with Crippen LogP contribution in [0.2, 0.25) is 0 Å². The number of rotatable bonds is 2. The van der Waals surface area contributed by atoms with Crippen LogP contribution in [0.4, 0.5) is 8.78 Å². The molecule has 0 fully saturated rings. The van der Waals surface area contributed by atoms with Gasteiger partial charge in [0.05, 0.1) is 7.11 Å². The minimum Gasteiger partial charge on any atom is -0.465 e. The molecule has 0 bridgehead atoms. The first-order valence-electron chi connectivity index (χ1n) is 3.62. The fourth-order valence-electron chi connectivity index (χ4n) is 1.00. The molecule has 0 aliphatic carbocycles. The molecule has 0 amide bonds. The maximum absolute atomic E-state index is 13.0. The van der Waals surface area contributed by atoms with E-state index in [4.69, 9.17) is 0 Å². The minimum atomic E-state index is -1.11. The van der Waals surface area contributed by atoms with Crippen molar-refractivity contribution in [2.45, 2.75) is 0 Å². The van der Waals surface area contributed by atoms with E-state index in [9.17, 15) is 18.4 Å². The highest BCUT2D eigenvalue weighted by atomic mass is 19.1. The third kappa shape index (κ3) is 1.76. The third-order valence-corrected chi connectivity index (χ3v) is 1.60. The number of benzene rings is 1. The topological polar surface area (TPSA) is 43.4 Å². The number of esters is 1. The van der Waals surface area contributed by atoms with Crippen LogP contribution in [0.5, 0.6) is 0 Å². The van der Waals surface area contributed by atoms with Crippen molar-refractivity contribution in [3.8, 4) is 0 Å². The predicted octanol–water partition coefficient (Wildman–Crippen LogP) is 1.56. The van der Waals surface area contributed by atoms with Crippen LogP contribution in [0, 0.1) is 11.6 Å². The molecule has 0 aliphatic rings. The number of carbonyl (C=O) groups excluding carboxylic acids is 2. The van der Waals surface area contributed by atoms with Crippen molar-refractivity contribution in [2.75, 3.05) is 7.11 Å². The van der Waals surface area contributed by atoms with Gasteiger partial charge in [-0.1, -0.05) is 0 Å². The maximum Gasteiger partial charge on any atom is 0.341 e. The summed E-state index contributed by atoms with van der Waals surface area (Å²) >= 11 is 0. The molecule has 0 spiro atoms. The minimum absolute atomic E-state index is 0.193. The van der Waals surface area contributed by atoms with Crippen LogP contribution in [0.3, 0.4) is 0 Å². The SMILES string of the molecule is COC(=O)c1c(F)cc(F)cc1C=O. The molecule has 5 heteroatoms. The lowest BCUT2D eigenvalue weighted by Crippen LogP contribution is -2.09. The van der Waals surface area contributed by atoms with Crippen LogP contribution in [-0.4, -0.2) is 19.4 Å². The molecule has 1 aromatic carbocycles. The summed E-state index contributed by atoms with van der Waals surface area (Å²) in [6.45, 7) is 0. The molecule has 0 heterocycles. The van der Waals surface area contributed by atoms with Gasteiger partial charge < -0.3 is 4.74 Å². The van der Waals surface area contributed by atoms with Crippen molar-refractivity contribution in [3.05, 3.63) is 34.9 Å². The second-order valence-electron chi connectivity index (χ2n) is 2.46. The highest BCUT2D eigenvalue weighted by molar-refractivity contribution is 5.98. The van der Waals surface area contributed by atoms with Crippen LogP contribution >= 0.6 is 0 Å². The first kappa shape index (κ1) is 10.3. The van der Waals surface area contributed by atoms with Crippen LogP contribution < -0.4 is 0 Å². The average molecular weight is 200 g/mol. The fraction of sp³-hybridized carbons (Fsp3) is 0.111. The number of aldehydes is 1. The van der Waals surface area contributed by atoms with E-state index >= 15 is 0 Å². The van der Waals surface area contributed by atoms with Crippen molar-refractivity contribution < 1.29 is 23.1 Å². The molecule has 0 radical (unpaired) electrons. The van der Waals surface area contributed by atoms with E-state index in [0.29, 0.717) is 6.07 Å². The van der Waals surface area contributed by atoms with Gasteiger partial charge >= 0.3 is 5.97 Å². The molecule has 0 aliphatic heterocycles. The number of carbonyl (C=O) groups is 2. The van der Waals surface area contributed by atoms with Crippen LogP contribution in [0.25, 0.3) is 0 Å². The average Bonchev–Trinajstić information content (AvgIpc) is 2.15. The van der Waals surface area contributed by atoms with E-state index in [1.54, 1.807) is 0 Å². The second kappa shape index (κ2) is 3.95. The molecule has 3 nitrogen and oxygen atoms in total. The number of halogens is 2. The second-order valence-corrected chi connectivity index (χ2v) is 2.46. The molecule has 0 saturated heterocycles. The van der Waals surface area contributed by atoms with E-state index in [1.165, 1.54) is 0 Å². The molecule has 0 atom stereocenters. The van der Waals surface area contributed by atoms with Crippen molar-refractivity contribution >= 4 is 12.3 Å². The first-order chi connectivity index (χ1) is 6.60. The fourth-order valence-corrected chi connectivity index (χ4v) is 1.00. The van der Waals surface area contributed by atoms with Gasteiger partial charge in [-0.15, -0.1) is 0 Å². The van der Waals surface area contributed by atoms with Gasteiger partial charge in [0.1, 0.15) is 17.2 Å². The molecular formula is C9H6F2O3. The number of ether oxygens (including phenoxy) is 1. The summed E-state index contributed by atoms with van der Waals surface area (Å²) in [7, 11) is 1.04. The predicted molar refractivity (Wildman–Crippen MR) is 43.1 cm³/mol. The lowest BCUT2D eigenvalue weighted by atomic mass is 10.1. The Labute approximate surface area is 78.3 Å². The van der Waals surface area contributed by atoms with Crippen LogP contribution in [0.15, 0.2) is 12.1 Å².